The zero-order chi connectivity index (χ0) is 14.9. The van der Waals surface area contributed by atoms with E-state index in [1.807, 2.05) is 6.07 Å². The van der Waals surface area contributed by atoms with E-state index in [1.54, 1.807) is 0 Å². The van der Waals surface area contributed by atoms with Crippen LogP contribution in [0.25, 0.3) is 0 Å². The lowest BCUT2D eigenvalue weighted by Crippen LogP contribution is -2.44. The third kappa shape index (κ3) is 2.66. The highest BCUT2D eigenvalue weighted by Crippen LogP contribution is 2.27. The largest absolute Gasteiger partial charge is 0.390 e. The van der Waals surface area contributed by atoms with Crippen molar-refractivity contribution < 1.29 is 13.5 Å². The Kier molecular flexibility index (Phi) is 4.32. The molecule has 0 saturated carbocycles. The highest BCUT2D eigenvalue weighted by Gasteiger charge is 2.36. The first kappa shape index (κ1) is 15.2. The predicted molar refractivity (Wildman–Crippen MR) is 73.8 cm³/mol. The maximum atomic E-state index is 12.5. The van der Waals surface area contributed by atoms with Gasteiger partial charge in [0.15, 0.2) is 0 Å². The minimum Gasteiger partial charge on any atom is -0.390 e. The van der Waals surface area contributed by atoms with Crippen LogP contribution >= 0.6 is 11.6 Å². The molecule has 1 aliphatic rings. The maximum absolute atomic E-state index is 12.5. The van der Waals surface area contributed by atoms with Crippen molar-refractivity contribution in [1.29, 1.82) is 5.26 Å². The Bertz CT molecular complexity index is 656. The molecule has 108 valence electrons. The molecule has 1 aromatic carbocycles. The molecule has 1 aromatic rings. The van der Waals surface area contributed by atoms with Crippen LogP contribution in [0.1, 0.15) is 5.56 Å². The first-order valence-corrected chi connectivity index (χ1v) is 7.76. The van der Waals surface area contributed by atoms with Gasteiger partial charge in [0.25, 0.3) is 0 Å². The molecule has 1 heterocycles. The topological polar surface area (TPSA) is 93.4 Å². The SMILES string of the molecule is CN([C@H]1CNC[C@@H]1O)S(=O)(=O)c1ccc(C#N)cc1Cl. The number of nitrogens with one attached hydrogen (secondary N) is 1. The second-order valence-electron chi connectivity index (χ2n) is 4.57. The molecule has 2 N–H and O–H groups in total. The molecule has 0 spiro atoms. The highest BCUT2D eigenvalue weighted by molar-refractivity contribution is 7.89. The van der Waals surface area contributed by atoms with Crippen LogP contribution in [0.5, 0.6) is 0 Å². The summed E-state index contributed by atoms with van der Waals surface area (Å²) in [6.07, 6.45) is -0.757. The van der Waals surface area contributed by atoms with Gasteiger partial charge in [-0.1, -0.05) is 11.6 Å². The third-order valence-corrected chi connectivity index (χ3v) is 5.70. The van der Waals surface area contributed by atoms with Gasteiger partial charge in [-0.25, -0.2) is 8.42 Å². The average Bonchev–Trinajstić information content (AvgIpc) is 2.83. The number of likely N-dealkylation sites (N-methyl/N-ethyl adjacent to an activating group) is 1. The Labute approximate surface area is 122 Å². The molecular weight excluding hydrogens is 302 g/mol. The molecule has 0 bridgehead atoms. The number of aliphatic hydroxyl groups is 1. The van der Waals surface area contributed by atoms with Crippen LogP contribution in [-0.2, 0) is 10.0 Å². The minimum atomic E-state index is -3.82. The molecule has 1 fully saturated rings. The van der Waals surface area contributed by atoms with Gasteiger partial charge in [-0.2, -0.15) is 9.57 Å². The van der Waals surface area contributed by atoms with Crippen molar-refractivity contribution in [3.8, 4) is 6.07 Å². The quantitative estimate of drug-likeness (QED) is 0.829. The molecule has 0 unspecified atom stereocenters. The number of hydrogen-bond acceptors (Lipinski definition) is 5. The Morgan fingerprint density at radius 1 is 1.50 bits per heavy atom. The molecule has 8 heteroatoms. The summed E-state index contributed by atoms with van der Waals surface area (Å²) < 4.78 is 26.1. The maximum Gasteiger partial charge on any atom is 0.244 e. The van der Waals surface area contributed by atoms with Crippen LogP contribution in [0.2, 0.25) is 5.02 Å². The van der Waals surface area contributed by atoms with Crippen LogP contribution in [0.3, 0.4) is 0 Å². The van der Waals surface area contributed by atoms with E-state index in [1.165, 1.54) is 25.2 Å². The third-order valence-electron chi connectivity index (χ3n) is 3.34. The molecule has 0 aliphatic carbocycles. The van der Waals surface area contributed by atoms with Crippen molar-refractivity contribution in [3.05, 3.63) is 28.8 Å². The van der Waals surface area contributed by atoms with Gasteiger partial charge in [0.1, 0.15) is 4.90 Å². The molecule has 0 amide bonds. The van der Waals surface area contributed by atoms with E-state index < -0.39 is 22.2 Å². The van der Waals surface area contributed by atoms with Crippen LogP contribution in [0.4, 0.5) is 0 Å². The van der Waals surface area contributed by atoms with Gasteiger partial charge < -0.3 is 10.4 Å². The first-order valence-electron chi connectivity index (χ1n) is 5.94. The normalized spacial score (nSPS) is 22.9. The minimum absolute atomic E-state index is 0.00338. The van der Waals surface area contributed by atoms with Gasteiger partial charge in [0.05, 0.1) is 28.8 Å². The van der Waals surface area contributed by atoms with Crippen molar-refractivity contribution in [1.82, 2.24) is 9.62 Å². The number of hydrogen-bond donors (Lipinski definition) is 2. The fourth-order valence-electron chi connectivity index (χ4n) is 2.14. The number of nitriles is 1. The van der Waals surface area contributed by atoms with Gasteiger partial charge in [-0.05, 0) is 18.2 Å². The van der Waals surface area contributed by atoms with Gasteiger partial charge in [0.2, 0.25) is 10.0 Å². The van der Waals surface area contributed by atoms with E-state index in [0.29, 0.717) is 18.7 Å². The number of β-amino-alcohol motifs (C(OH)–C–C–N with tert-alkyl or cyclic N) is 1. The van der Waals surface area contributed by atoms with Crippen molar-refractivity contribution in [3.63, 3.8) is 0 Å². The molecule has 0 radical (unpaired) electrons. The smallest absolute Gasteiger partial charge is 0.244 e. The number of aliphatic hydroxyl groups excluding tert-OH is 1. The molecule has 20 heavy (non-hydrogen) atoms. The van der Waals surface area contributed by atoms with Crippen LogP contribution in [0, 0.1) is 11.3 Å². The molecule has 2 atom stereocenters. The molecule has 1 aliphatic heterocycles. The Hall–Kier alpha value is -1.17. The lowest BCUT2D eigenvalue weighted by molar-refractivity contribution is 0.136. The van der Waals surface area contributed by atoms with E-state index >= 15 is 0 Å². The summed E-state index contributed by atoms with van der Waals surface area (Å²) in [6, 6.07) is 5.38. The Balaban J connectivity index is 2.38. The van der Waals surface area contributed by atoms with E-state index in [-0.39, 0.29) is 9.92 Å². The van der Waals surface area contributed by atoms with E-state index in [2.05, 4.69) is 5.32 Å². The molecule has 1 saturated heterocycles. The molecule has 0 aromatic heterocycles. The summed E-state index contributed by atoms with van der Waals surface area (Å²) in [5.74, 6) is 0. The summed E-state index contributed by atoms with van der Waals surface area (Å²) in [5, 5.41) is 21.5. The summed E-state index contributed by atoms with van der Waals surface area (Å²) in [4.78, 5) is -0.0697. The molecule has 6 nitrogen and oxygen atoms in total. The second kappa shape index (κ2) is 5.68. The van der Waals surface area contributed by atoms with Crippen molar-refractivity contribution in [2.45, 2.75) is 17.0 Å². The van der Waals surface area contributed by atoms with E-state index in [4.69, 9.17) is 16.9 Å². The first-order chi connectivity index (χ1) is 9.37. The van der Waals surface area contributed by atoms with Crippen molar-refractivity contribution in [2.75, 3.05) is 20.1 Å². The second-order valence-corrected chi connectivity index (χ2v) is 6.94. The zero-order valence-electron chi connectivity index (χ0n) is 10.7. The summed E-state index contributed by atoms with van der Waals surface area (Å²) in [6.45, 7) is 0.733. The predicted octanol–water partition coefficient (Wildman–Crippen LogP) is 0.165. The van der Waals surface area contributed by atoms with Gasteiger partial charge in [0, 0.05) is 20.1 Å². The lowest BCUT2D eigenvalue weighted by Gasteiger charge is -2.26. The van der Waals surface area contributed by atoms with Crippen LogP contribution < -0.4 is 5.32 Å². The highest BCUT2D eigenvalue weighted by atomic mass is 35.5. The van der Waals surface area contributed by atoms with Gasteiger partial charge >= 0.3 is 0 Å². The standard InChI is InChI=1S/C12H14ClN3O3S/c1-16(10-6-15-7-11(10)17)20(18,19)12-3-2-8(5-14)4-9(12)13/h2-4,10-11,15,17H,6-7H2,1H3/t10-,11-/m0/s1. The average molecular weight is 316 g/mol. The van der Waals surface area contributed by atoms with Gasteiger partial charge in [-0.15, -0.1) is 0 Å². The zero-order valence-corrected chi connectivity index (χ0v) is 12.3. The van der Waals surface area contributed by atoms with Crippen LogP contribution in [-0.4, -0.2) is 50.1 Å². The van der Waals surface area contributed by atoms with E-state index in [9.17, 15) is 13.5 Å². The summed E-state index contributed by atoms with van der Waals surface area (Å²) in [5.41, 5.74) is 0.291. The number of nitrogens with zero attached hydrogens (tertiary/aromatic N) is 2. The van der Waals surface area contributed by atoms with Crippen LogP contribution in [0.15, 0.2) is 23.1 Å². The number of halogens is 1. The molecular formula is C12H14ClN3O3S. The molecule has 2 rings (SSSR count). The lowest BCUT2D eigenvalue weighted by atomic mass is 10.2. The fourth-order valence-corrected chi connectivity index (χ4v) is 4.04. The summed E-state index contributed by atoms with van der Waals surface area (Å²) in [7, 11) is -2.41. The Morgan fingerprint density at radius 2 is 2.20 bits per heavy atom. The monoisotopic (exact) mass is 315 g/mol. The number of sulfonamides is 1. The number of rotatable bonds is 3. The Morgan fingerprint density at radius 3 is 2.70 bits per heavy atom. The van der Waals surface area contributed by atoms with Crippen molar-refractivity contribution >= 4 is 21.6 Å². The van der Waals surface area contributed by atoms with Gasteiger partial charge in [-0.3, -0.25) is 0 Å². The summed E-state index contributed by atoms with van der Waals surface area (Å²) >= 11 is 5.94. The fraction of sp³-hybridized carbons (Fsp3) is 0.417. The van der Waals surface area contributed by atoms with Crippen molar-refractivity contribution in [2.24, 2.45) is 0 Å². The number of benzene rings is 1. The van der Waals surface area contributed by atoms with E-state index in [0.717, 1.165) is 4.31 Å².